The molecule has 2 aromatic heterocycles. The van der Waals surface area contributed by atoms with E-state index in [1.807, 2.05) is 44.2 Å². The van der Waals surface area contributed by atoms with Crippen LogP contribution in [0.5, 0.6) is 0 Å². The second-order valence-corrected chi connectivity index (χ2v) is 6.89. The third-order valence-corrected chi connectivity index (χ3v) is 5.02. The van der Waals surface area contributed by atoms with Crippen LogP contribution in [0.25, 0.3) is 10.2 Å². The minimum atomic E-state index is -0.862. The zero-order valence-corrected chi connectivity index (χ0v) is 14.4. The van der Waals surface area contributed by atoms with Crippen molar-refractivity contribution in [1.29, 1.82) is 0 Å². The van der Waals surface area contributed by atoms with Gasteiger partial charge in [-0.05, 0) is 43.7 Å². The van der Waals surface area contributed by atoms with Crippen LogP contribution >= 0.6 is 11.3 Å². The van der Waals surface area contributed by atoms with E-state index in [2.05, 4.69) is 27.6 Å². The van der Waals surface area contributed by atoms with Crippen molar-refractivity contribution < 1.29 is 5.11 Å². The lowest BCUT2D eigenvalue weighted by molar-refractivity contribution is 0.0515. The Morgan fingerprint density at radius 2 is 1.91 bits per heavy atom. The topological polar surface area (TPSA) is 58.0 Å². The van der Waals surface area contributed by atoms with E-state index in [1.165, 1.54) is 5.56 Å². The molecule has 2 N–H and O–H groups in total. The SMILES string of the molecule is Cc1nc(NCCC(C)(O)c2ccccc2)c2c(C)csc2n1. The van der Waals surface area contributed by atoms with Crippen molar-refractivity contribution in [3.63, 3.8) is 0 Å². The molecule has 0 radical (unpaired) electrons. The number of nitrogens with zero attached hydrogens (tertiary/aromatic N) is 2. The van der Waals surface area contributed by atoms with E-state index in [1.54, 1.807) is 11.3 Å². The van der Waals surface area contributed by atoms with E-state index in [9.17, 15) is 5.11 Å². The van der Waals surface area contributed by atoms with Gasteiger partial charge < -0.3 is 10.4 Å². The molecule has 2 heterocycles. The smallest absolute Gasteiger partial charge is 0.138 e. The average Bonchev–Trinajstić information content (AvgIpc) is 2.89. The molecule has 0 aliphatic heterocycles. The second kappa shape index (κ2) is 6.26. The van der Waals surface area contributed by atoms with Gasteiger partial charge >= 0.3 is 0 Å². The summed E-state index contributed by atoms with van der Waals surface area (Å²) in [4.78, 5) is 10.0. The molecule has 0 saturated heterocycles. The number of aromatic nitrogens is 2. The van der Waals surface area contributed by atoms with Gasteiger partial charge in [0.1, 0.15) is 16.5 Å². The molecule has 0 bridgehead atoms. The van der Waals surface area contributed by atoms with E-state index in [0.717, 1.165) is 27.4 Å². The number of aryl methyl sites for hydroxylation is 2. The van der Waals surface area contributed by atoms with E-state index < -0.39 is 5.60 Å². The number of nitrogens with one attached hydrogen (secondary N) is 1. The third-order valence-electron chi connectivity index (χ3n) is 4.03. The third kappa shape index (κ3) is 3.35. The molecule has 1 aromatic carbocycles. The van der Waals surface area contributed by atoms with Crippen LogP contribution in [0.3, 0.4) is 0 Å². The summed E-state index contributed by atoms with van der Waals surface area (Å²) in [7, 11) is 0. The van der Waals surface area contributed by atoms with Crippen molar-refractivity contribution >= 4 is 27.4 Å². The number of anilines is 1. The molecule has 0 fully saturated rings. The molecule has 120 valence electrons. The van der Waals surface area contributed by atoms with Crippen LogP contribution in [0.1, 0.15) is 30.3 Å². The lowest BCUT2D eigenvalue weighted by Gasteiger charge is -2.24. The first-order valence-corrected chi connectivity index (χ1v) is 8.59. The van der Waals surface area contributed by atoms with Gasteiger partial charge in [0.2, 0.25) is 0 Å². The summed E-state index contributed by atoms with van der Waals surface area (Å²) >= 11 is 1.64. The minimum Gasteiger partial charge on any atom is -0.385 e. The maximum Gasteiger partial charge on any atom is 0.138 e. The van der Waals surface area contributed by atoms with Gasteiger partial charge in [-0.1, -0.05) is 30.3 Å². The maximum absolute atomic E-state index is 10.7. The summed E-state index contributed by atoms with van der Waals surface area (Å²) in [5.41, 5.74) is 1.25. The summed E-state index contributed by atoms with van der Waals surface area (Å²) in [5.74, 6) is 1.62. The Balaban J connectivity index is 1.75. The molecule has 4 nitrogen and oxygen atoms in total. The number of benzene rings is 1. The van der Waals surface area contributed by atoms with Gasteiger partial charge in [-0.25, -0.2) is 9.97 Å². The normalized spacial score (nSPS) is 13.9. The summed E-state index contributed by atoms with van der Waals surface area (Å²) in [6, 6.07) is 9.76. The van der Waals surface area contributed by atoms with Crippen LogP contribution in [-0.4, -0.2) is 21.6 Å². The van der Waals surface area contributed by atoms with Crippen molar-refractivity contribution in [1.82, 2.24) is 9.97 Å². The van der Waals surface area contributed by atoms with Crippen LogP contribution in [0.15, 0.2) is 35.7 Å². The van der Waals surface area contributed by atoms with Crippen LogP contribution in [0.2, 0.25) is 0 Å². The molecule has 5 heteroatoms. The fourth-order valence-corrected chi connectivity index (χ4v) is 3.65. The Morgan fingerprint density at radius 1 is 1.17 bits per heavy atom. The molecule has 1 atom stereocenters. The zero-order chi connectivity index (χ0) is 16.4. The second-order valence-electron chi connectivity index (χ2n) is 6.03. The van der Waals surface area contributed by atoms with Crippen molar-refractivity contribution in [2.24, 2.45) is 0 Å². The largest absolute Gasteiger partial charge is 0.385 e. The molecule has 0 spiro atoms. The zero-order valence-electron chi connectivity index (χ0n) is 13.6. The summed E-state index contributed by atoms with van der Waals surface area (Å²) < 4.78 is 0. The van der Waals surface area contributed by atoms with Gasteiger partial charge in [-0.2, -0.15) is 0 Å². The molecule has 1 unspecified atom stereocenters. The first-order chi connectivity index (χ1) is 11.0. The van der Waals surface area contributed by atoms with Gasteiger partial charge in [0.15, 0.2) is 0 Å². The summed E-state index contributed by atoms with van der Waals surface area (Å²) in [6.07, 6.45) is 0.602. The van der Waals surface area contributed by atoms with Crippen LogP contribution < -0.4 is 5.32 Å². The molecule has 3 aromatic rings. The highest BCUT2D eigenvalue weighted by Gasteiger charge is 2.22. The molecule has 0 saturated carbocycles. The monoisotopic (exact) mass is 327 g/mol. The number of aliphatic hydroxyl groups is 1. The first-order valence-electron chi connectivity index (χ1n) is 7.71. The minimum absolute atomic E-state index is 0.602. The molecule has 3 rings (SSSR count). The molecule has 23 heavy (non-hydrogen) atoms. The Kier molecular flexibility index (Phi) is 4.33. The van der Waals surface area contributed by atoms with Gasteiger partial charge in [0, 0.05) is 6.54 Å². The lowest BCUT2D eigenvalue weighted by atomic mass is 9.93. The maximum atomic E-state index is 10.7. The number of fused-ring (bicyclic) bond motifs is 1. The lowest BCUT2D eigenvalue weighted by Crippen LogP contribution is -2.24. The predicted octanol–water partition coefficient (Wildman–Crippen LogP) is 4.02. The van der Waals surface area contributed by atoms with Gasteiger partial charge in [0.25, 0.3) is 0 Å². The Bertz CT molecular complexity index is 812. The predicted molar refractivity (Wildman–Crippen MR) is 96.0 cm³/mol. The molecule has 0 aliphatic rings. The quantitative estimate of drug-likeness (QED) is 0.743. The highest BCUT2D eigenvalue weighted by Crippen LogP contribution is 2.30. The van der Waals surface area contributed by atoms with Crippen molar-refractivity contribution in [3.8, 4) is 0 Å². The number of thiophene rings is 1. The first kappa shape index (κ1) is 15.9. The highest BCUT2D eigenvalue weighted by molar-refractivity contribution is 7.17. The Morgan fingerprint density at radius 3 is 2.65 bits per heavy atom. The van der Waals surface area contributed by atoms with E-state index in [4.69, 9.17) is 0 Å². The average molecular weight is 327 g/mol. The van der Waals surface area contributed by atoms with Crippen LogP contribution in [0, 0.1) is 13.8 Å². The molecular formula is C18H21N3OS. The number of rotatable bonds is 5. The van der Waals surface area contributed by atoms with Gasteiger partial charge in [-0.15, -0.1) is 11.3 Å². The summed E-state index contributed by atoms with van der Waals surface area (Å²) in [6.45, 7) is 6.46. The van der Waals surface area contributed by atoms with Crippen molar-refractivity contribution in [3.05, 3.63) is 52.7 Å². The van der Waals surface area contributed by atoms with E-state index >= 15 is 0 Å². The van der Waals surface area contributed by atoms with Gasteiger partial charge in [0.05, 0.1) is 11.0 Å². The van der Waals surface area contributed by atoms with Crippen LogP contribution in [0.4, 0.5) is 5.82 Å². The van der Waals surface area contributed by atoms with Gasteiger partial charge in [-0.3, -0.25) is 0 Å². The van der Waals surface area contributed by atoms with Crippen molar-refractivity contribution in [2.45, 2.75) is 32.8 Å². The highest BCUT2D eigenvalue weighted by atomic mass is 32.1. The molecular weight excluding hydrogens is 306 g/mol. The van der Waals surface area contributed by atoms with E-state index in [-0.39, 0.29) is 0 Å². The fraction of sp³-hybridized carbons (Fsp3) is 0.333. The number of hydrogen-bond donors (Lipinski definition) is 2. The van der Waals surface area contributed by atoms with E-state index in [0.29, 0.717) is 13.0 Å². The standard InChI is InChI=1S/C18H21N3OS/c1-12-11-23-17-15(12)16(20-13(2)21-17)19-10-9-18(3,22)14-7-5-4-6-8-14/h4-8,11,22H,9-10H2,1-3H3,(H,19,20,21). The number of hydrogen-bond acceptors (Lipinski definition) is 5. The molecule has 0 aliphatic carbocycles. The molecule has 0 amide bonds. The fourth-order valence-electron chi connectivity index (χ4n) is 2.68. The Labute approximate surface area is 140 Å². The van der Waals surface area contributed by atoms with Crippen molar-refractivity contribution in [2.75, 3.05) is 11.9 Å². The Hall–Kier alpha value is -1.98. The summed E-state index contributed by atoms with van der Waals surface area (Å²) in [5, 5.41) is 17.2. The van der Waals surface area contributed by atoms with Crippen LogP contribution in [-0.2, 0) is 5.60 Å².